The Balaban J connectivity index is 1.64. The van der Waals surface area contributed by atoms with Crippen LogP contribution in [0, 0.1) is 0 Å². The first-order valence-electron chi connectivity index (χ1n) is 10.4. The number of piperazine rings is 1. The van der Waals surface area contributed by atoms with Crippen molar-refractivity contribution in [1.82, 2.24) is 9.80 Å². The van der Waals surface area contributed by atoms with Crippen molar-refractivity contribution < 1.29 is 28.6 Å². The average Bonchev–Trinajstić information content (AvgIpc) is 2.83. The molecule has 8 heteroatoms. The van der Waals surface area contributed by atoms with Crippen LogP contribution in [0.15, 0.2) is 48.5 Å². The lowest BCUT2D eigenvalue weighted by Crippen LogP contribution is -2.57. The van der Waals surface area contributed by atoms with E-state index in [-0.39, 0.29) is 17.9 Å². The van der Waals surface area contributed by atoms with E-state index in [4.69, 9.17) is 14.2 Å². The number of hydrogen-bond acceptors (Lipinski definition) is 6. The lowest BCUT2D eigenvalue weighted by atomic mass is 10.1. The van der Waals surface area contributed by atoms with E-state index in [2.05, 4.69) is 0 Å². The minimum Gasteiger partial charge on any atom is -0.493 e. The normalized spacial score (nSPS) is 16.8. The predicted molar refractivity (Wildman–Crippen MR) is 118 cm³/mol. The summed E-state index contributed by atoms with van der Waals surface area (Å²) < 4.78 is 15.9. The summed E-state index contributed by atoms with van der Waals surface area (Å²) in [6.07, 6.45) is -0.772. The average molecular weight is 440 g/mol. The van der Waals surface area contributed by atoms with Crippen molar-refractivity contribution in [1.29, 1.82) is 0 Å². The van der Waals surface area contributed by atoms with Crippen LogP contribution in [0.25, 0.3) is 0 Å². The molecule has 2 amide bonds. The van der Waals surface area contributed by atoms with Crippen LogP contribution in [0.5, 0.6) is 11.5 Å². The minimum absolute atomic E-state index is 0.0377. The number of carbonyl (C=O) groups excluding carboxylic acids is 3. The van der Waals surface area contributed by atoms with Gasteiger partial charge >= 0.3 is 5.97 Å². The molecule has 0 aromatic heterocycles. The van der Waals surface area contributed by atoms with Crippen molar-refractivity contribution in [3.63, 3.8) is 0 Å². The van der Waals surface area contributed by atoms with Gasteiger partial charge in [0, 0.05) is 31.2 Å². The summed E-state index contributed by atoms with van der Waals surface area (Å²) in [7, 11) is 2.76. The smallest absolute Gasteiger partial charge is 0.337 e. The van der Waals surface area contributed by atoms with Gasteiger partial charge in [-0.1, -0.05) is 18.2 Å². The van der Waals surface area contributed by atoms with Gasteiger partial charge in [-0.25, -0.2) is 4.79 Å². The molecule has 1 aliphatic rings. The fourth-order valence-electron chi connectivity index (χ4n) is 3.72. The van der Waals surface area contributed by atoms with E-state index in [0.29, 0.717) is 42.3 Å². The monoisotopic (exact) mass is 440 g/mol. The Kier molecular flexibility index (Phi) is 7.35. The van der Waals surface area contributed by atoms with E-state index < -0.39 is 12.1 Å². The fourth-order valence-corrected chi connectivity index (χ4v) is 3.72. The molecule has 0 radical (unpaired) electrons. The van der Waals surface area contributed by atoms with Gasteiger partial charge in [0.2, 0.25) is 0 Å². The quantitative estimate of drug-likeness (QED) is 0.642. The molecule has 0 unspecified atom stereocenters. The van der Waals surface area contributed by atoms with E-state index in [1.54, 1.807) is 41.0 Å². The maximum absolute atomic E-state index is 13.1. The van der Waals surface area contributed by atoms with Gasteiger partial charge < -0.3 is 24.0 Å². The highest BCUT2D eigenvalue weighted by Gasteiger charge is 2.33. The number of hydrogen-bond donors (Lipinski definition) is 0. The first-order valence-corrected chi connectivity index (χ1v) is 10.4. The number of carbonyl (C=O) groups is 3. The second-order valence-electron chi connectivity index (χ2n) is 7.62. The van der Waals surface area contributed by atoms with Gasteiger partial charge in [-0.3, -0.25) is 9.59 Å². The van der Waals surface area contributed by atoms with Crippen molar-refractivity contribution in [2.75, 3.05) is 33.9 Å². The highest BCUT2D eigenvalue weighted by molar-refractivity contribution is 5.94. The molecule has 0 saturated carbocycles. The van der Waals surface area contributed by atoms with Crippen LogP contribution in [0.2, 0.25) is 0 Å². The summed E-state index contributed by atoms with van der Waals surface area (Å²) in [5.74, 6) is -0.0196. The number of esters is 1. The summed E-state index contributed by atoms with van der Waals surface area (Å²) in [6.45, 7) is 4.91. The van der Waals surface area contributed by atoms with Gasteiger partial charge in [-0.15, -0.1) is 0 Å². The van der Waals surface area contributed by atoms with Crippen molar-refractivity contribution in [2.45, 2.75) is 26.0 Å². The third-order valence-electron chi connectivity index (χ3n) is 5.45. The topological polar surface area (TPSA) is 85.4 Å². The molecule has 1 heterocycles. The fraction of sp³-hybridized carbons (Fsp3) is 0.375. The molecule has 0 bridgehead atoms. The van der Waals surface area contributed by atoms with Gasteiger partial charge in [-0.2, -0.15) is 0 Å². The second-order valence-corrected chi connectivity index (χ2v) is 7.62. The summed E-state index contributed by atoms with van der Waals surface area (Å²) in [5.41, 5.74) is 0.960. The van der Waals surface area contributed by atoms with Crippen LogP contribution < -0.4 is 9.47 Å². The highest BCUT2D eigenvalue weighted by Crippen LogP contribution is 2.30. The number of nitrogens with zero attached hydrogens (tertiary/aromatic N) is 2. The zero-order valence-corrected chi connectivity index (χ0v) is 18.7. The molecule has 0 spiro atoms. The summed E-state index contributed by atoms with van der Waals surface area (Å²) in [5, 5.41) is 0. The molecule has 0 N–H and O–H groups in total. The van der Waals surface area contributed by atoms with Crippen LogP contribution in [0.1, 0.15) is 34.6 Å². The third-order valence-corrected chi connectivity index (χ3v) is 5.45. The SMILES string of the molecule is COC(=O)c1ccc(O[C@@H](C)C(=O)N2CCN(C(=O)c3ccccc3)C[C@H]2C)c(OC)c1. The zero-order valence-electron chi connectivity index (χ0n) is 18.7. The van der Waals surface area contributed by atoms with Crippen molar-refractivity contribution in [2.24, 2.45) is 0 Å². The Morgan fingerprint density at radius 3 is 2.31 bits per heavy atom. The van der Waals surface area contributed by atoms with Crippen LogP contribution in [0.3, 0.4) is 0 Å². The number of methoxy groups -OCH3 is 2. The molecule has 170 valence electrons. The van der Waals surface area contributed by atoms with Crippen LogP contribution in [-0.2, 0) is 9.53 Å². The molecule has 3 rings (SSSR count). The molecular formula is C24H28N2O6. The first-order chi connectivity index (χ1) is 15.3. The van der Waals surface area contributed by atoms with Crippen LogP contribution >= 0.6 is 0 Å². The van der Waals surface area contributed by atoms with Crippen molar-refractivity contribution in [3.05, 3.63) is 59.7 Å². The maximum Gasteiger partial charge on any atom is 0.337 e. The predicted octanol–water partition coefficient (Wildman–Crippen LogP) is 2.62. The van der Waals surface area contributed by atoms with Gasteiger partial charge in [-0.05, 0) is 44.2 Å². The summed E-state index contributed by atoms with van der Waals surface area (Å²) >= 11 is 0. The van der Waals surface area contributed by atoms with E-state index >= 15 is 0 Å². The molecule has 1 fully saturated rings. The van der Waals surface area contributed by atoms with E-state index in [1.165, 1.54) is 20.3 Å². The largest absolute Gasteiger partial charge is 0.493 e. The van der Waals surface area contributed by atoms with E-state index in [0.717, 1.165) is 0 Å². The maximum atomic E-state index is 13.1. The van der Waals surface area contributed by atoms with E-state index in [1.807, 2.05) is 25.1 Å². The Hall–Kier alpha value is -3.55. The molecule has 32 heavy (non-hydrogen) atoms. The minimum atomic E-state index is -0.772. The molecule has 0 aliphatic carbocycles. The van der Waals surface area contributed by atoms with Crippen molar-refractivity contribution in [3.8, 4) is 11.5 Å². The van der Waals surface area contributed by atoms with Crippen LogP contribution in [-0.4, -0.2) is 73.6 Å². The number of benzene rings is 2. The summed E-state index contributed by atoms with van der Waals surface area (Å²) in [4.78, 5) is 41.0. The third kappa shape index (κ3) is 5.01. The Morgan fingerprint density at radius 1 is 0.969 bits per heavy atom. The van der Waals surface area contributed by atoms with Gasteiger partial charge in [0.05, 0.1) is 19.8 Å². The molecule has 8 nitrogen and oxygen atoms in total. The second kappa shape index (κ2) is 10.2. The van der Waals surface area contributed by atoms with Crippen LogP contribution in [0.4, 0.5) is 0 Å². The zero-order chi connectivity index (χ0) is 23.3. The van der Waals surface area contributed by atoms with Crippen molar-refractivity contribution >= 4 is 17.8 Å². The molecule has 1 saturated heterocycles. The first kappa shape index (κ1) is 23.1. The molecule has 2 atom stereocenters. The lowest BCUT2D eigenvalue weighted by Gasteiger charge is -2.40. The van der Waals surface area contributed by atoms with E-state index in [9.17, 15) is 14.4 Å². The molecule has 2 aromatic rings. The number of rotatable bonds is 6. The molecule has 2 aromatic carbocycles. The standard InChI is InChI=1S/C24H28N2O6/c1-16-15-25(23(28)18-8-6-5-7-9-18)12-13-26(16)22(27)17(2)32-20-11-10-19(24(29)31-4)14-21(20)30-3/h5-11,14,16-17H,12-13,15H2,1-4H3/t16-,17+/m1/s1. The molecular weight excluding hydrogens is 412 g/mol. The Labute approximate surface area is 187 Å². The highest BCUT2D eigenvalue weighted by atomic mass is 16.5. The van der Waals surface area contributed by atoms with Gasteiger partial charge in [0.1, 0.15) is 0 Å². The number of amides is 2. The Bertz CT molecular complexity index is 978. The van der Waals surface area contributed by atoms with Gasteiger partial charge in [0.25, 0.3) is 11.8 Å². The van der Waals surface area contributed by atoms with Gasteiger partial charge in [0.15, 0.2) is 17.6 Å². The summed E-state index contributed by atoms with van der Waals surface area (Å²) in [6, 6.07) is 13.6. The number of ether oxygens (including phenoxy) is 3. The molecule has 1 aliphatic heterocycles. The Morgan fingerprint density at radius 2 is 1.69 bits per heavy atom. The lowest BCUT2D eigenvalue weighted by molar-refractivity contribution is -0.142.